The molecule has 0 saturated heterocycles. The predicted molar refractivity (Wildman–Crippen MR) is 59.2 cm³/mol. The maximum absolute atomic E-state index is 11.2. The van der Waals surface area contributed by atoms with Crippen molar-refractivity contribution >= 4 is 5.97 Å². The summed E-state index contributed by atoms with van der Waals surface area (Å²) in [7, 11) is 0. The van der Waals surface area contributed by atoms with Crippen LogP contribution in [0.4, 0.5) is 0 Å². The van der Waals surface area contributed by atoms with E-state index < -0.39 is 11.4 Å². The summed E-state index contributed by atoms with van der Waals surface area (Å²) in [6.45, 7) is 3.78. The molecule has 0 amide bonds. The summed E-state index contributed by atoms with van der Waals surface area (Å²) in [5.41, 5.74) is 2.54. The molecule has 1 fully saturated rings. The number of rotatable bonds is 2. The molecule has 82 valence electrons. The van der Waals surface area contributed by atoms with Crippen LogP contribution < -0.4 is 0 Å². The van der Waals surface area contributed by atoms with Gasteiger partial charge < -0.3 is 5.11 Å². The molecule has 1 aliphatic rings. The smallest absolute Gasteiger partial charge is 0.314 e. The first kappa shape index (κ1) is 10.7. The molecule has 0 aliphatic heterocycles. The Bertz CT molecular complexity index is 507. The molecule has 1 aromatic carbocycles. The van der Waals surface area contributed by atoms with Gasteiger partial charge in [0.15, 0.2) is 0 Å². The van der Waals surface area contributed by atoms with Gasteiger partial charge in [-0.15, -0.1) is 0 Å². The number of hydrogen-bond donors (Lipinski definition) is 1. The van der Waals surface area contributed by atoms with E-state index in [9.17, 15) is 9.90 Å². The van der Waals surface area contributed by atoms with Gasteiger partial charge in [-0.2, -0.15) is 5.26 Å². The third-order valence-corrected chi connectivity index (χ3v) is 3.37. The van der Waals surface area contributed by atoms with Crippen LogP contribution >= 0.6 is 0 Å². The fraction of sp³-hybridized carbons (Fsp3) is 0.385. The van der Waals surface area contributed by atoms with Crippen molar-refractivity contribution in [2.45, 2.75) is 32.1 Å². The van der Waals surface area contributed by atoms with Crippen molar-refractivity contribution in [3.8, 4) is 6.07 Å². The lowest BCUT2D eigenvalue weighted by Gasteiger charge is -2.14. The van der Waals surface area contributed by atoms with Crippen LogP contribution in [-0.4, -0.2) is 11.1 Å². The summed E-state index contributed by atoms with van der Waals surface area (Å²) in [5.74, 6) is -0.775. The quantitative estimate of drug-likeness (QED) is 0.823. The number of benzene rings is 1. The molecule has 0 unspecified atom stereocenters. The highest BCUT2D eigenvalue weighted by Gasteiger charge is 2.52. The highest BCUT2D eigenvalue weighted by molar-refractivity contribution is 5.85. The largest absolute Gasteiger partial charge is 0.481 e. The van der Waals surface area contributed by atoms with Crippen molar-refractivity contribution in [3.63, 3.8) is 0 Å². The lowest BCUT2D eigenvalue weighted by atomic mass is 9.89. The summed E-state index contributed by atoms with van der Waals surface area (Å²) in [6, 6.07) is 5.75. The van der Waals surface area contributed by atoms with Crippen LogP contribution in [0.3, 0.4) is 0 Å². The van der Waals surface area contributed by atoms with Crippen molar-refractivity contribution in [1.29, 1.82) is 5.26 Å². The van der Waals surface area contributed by atoms with Crippen LogP contribution in [0.1, 0.15) is 35.1 Å². The maximum atomic E-state index is 11.2. The normalized spacial score (nSPS) is 16.6. The van der Waals surface area contributed by atoms with E-state index in [0.29, 0.717) is 18.4 Å². The number of hydrogen-bond acceptors (Lipinski definition) is 2. The highest BCUT2D eigenvalue weighted by Crippen LogP contribution is 2.49. The van der Waals surface area contributed by atoms with Crippen molar-refractivity contribution in [3.05, 3.63) is 34.4 Å². The van der Waals surface area contributed by atoms with Gasteiger partial charge in [0.2, 0.25) is 0 Å². The van der Waals surface area contributed by atoms with E-state index in [1.807, 2.05) is 19.9 Å². The molecule has 1 N–H and O–H groups in total. The SMILES string of the molecule is Cc1cc(C)c(C2(C(=O)O)CC2)cc1C#N. The monoisotopic (exact) mass is 215 g/mol. The van der Waals surface area contributed by atoms with E-state index in [0.717, 1.165) is 16.7 Å². The molecule has 0 heterocycles. The number of carboxylic acid groups (broad SMARTS) is 1. The van der Waals surface area contributed by atoms with Crippen molar-refractivity contribution in [2.24, 2.45) is 0 Å². The first-order chi connectivity index (χ1) is 7.51. The van der Waals surface area contributed by atoms with Crippen LogP contribution in [-0.2, 0) is 10.2 Å². The van der Waals surface area contributed by atoms with Crippen LogP contribution in [0.2, 0.25) is 0 Å². The zero-order chi connectivity index (χ0) is 11.9. The van der Waals surface area contributed by atoms with E-state index in [4.69, 9.17) is 5.26 Å². The van der Waals surface area contributed by atoms with Gasteiger partial charge >= 0.3 is 5.97 Å². The van der Waals surface area contributed by atoms with Gasteiger partial charge in [-0.1, -0.05) is 6.07 Å². The number of nitrogens with zero attached hydrogens (tertiary/aromatic N) is 1. The molecule has 0 radical (unpaired) electrons. The Kier molecular flexibility index (Phi) is 2.23. The number of carboxylic acids is 1. The summed E-state index contributed by atoms with van der Waals surface area (Å²) < 4.78 is 0. The van der Waals surface area contributed by atoms with Gasteiger partial charge in [0, 0.05) is 0 Å². The van der Waals surface area contributed by atoms with Crippen molar-refractivity contribution < 1.29 is 9.90 Å². The van der Waals surface area contributed by atoms with E-state index in [1.165, 1.54) is 0 Å². The van der Waals surface area contributed by atoms with Crippen molar-refractivity contribution in [2.75, 3.05) is 0 Å². The van der Waals surface area contributed by atoms with E-state index in [2.05, 4.69) is 6.07 Å². The Morgan fingerprint density at radius 3 is 2.44 bits per heavy atom. The Morgan fingerprint density at radius 2 is 2.00 bits per heavy atom. The molecule has 1 saturated carbocycles. The van der Waals surface area contributed by atoms with Gasteiger partial charge in [0.1, 0.15) is 0 Å². The number of nitriles is 1. The lowest BCUT2D eigenvalue weighted by Crippen LogP contribution is -2.21. The van der Waals surface area contributed by atoms with Gasteiger partial charge in [-0.25, -0.2) is 0 Å². The number of carbonyl (C=O) groups is 1. The average Bonchev–Trinajstić information content (AvgIpc) is 2.99. The summed E-state index contributed by atoms with van der Waals surface area (Å²) in [5, 5.41) is 18.2. The molecule has 0 spiro atoms. The summed E-state index contributed by atoms with van der Waals surface area (Å²) in [4.78, 5) is 11.2. The summed E-state index contributed by atoms with van der Waals surface area (Å²) in [6.07, 6.45) is 1.36. The van der Waals surface area contributed by atoms with Gasteiger partial charge in [0.05, 0.1) is 17.0 Å². The highest BCUT2D eigenvalue weighted by atomic mass is 16.4. The van der Waals surface area contributed by atoms with Crippen LogP contribution in [0.5, 0.6) is 0 Å². The first-order valence-corrected chi connectivity index (χ1v) is 5.26. The van der Waals surface area contributed by atoms with E-state index >= 15 is 0 Å². The third-order valence-electron chi connectivity index (χ3n) is 3.37. The second kappa shape index (κ2) is 3.34. The van der Waals surface area contributed by atoms with Gasteiger partial charge in [-0.05, 0) is 49.4 Å². The Balaban J connectivity index is 2.59. The fourth-order valence-corrected chi connectivity index (χ4v) is 2.21. The minimum Gasteiger partial charge on any atom is -0.481 e. The van der Waals surface area contributed by atoms with Crippen LogP contribution in [0.15, 0.2) is 12.1 Å². The molecule has 1 aliphatic carbocycles. The molecule has 16 heavy (non-hydrogen) atoms. The van der Waals surface area contributed by atoms with Gasteiger partial charge in [-0.3, -0.25) is 4.79 Å². The number of aliphatic carboxylic acids is 1. The first-order valence-electron chi connectivity index (χ1n) is 5.26. The third kappa shape index (κ3) is 1.38. The molecule has 3 heteroatoms. The molecule has 1 aromatic rings. The second-order valence-corrected chi connectivity index (χ2v) is 4.48. The van der Waals surface area contributed by atoms with Crippen LogP contribution in [0, 0.1) is 25.2 Å². The standard InChI is InChI=1S/C13H13NO2/c1-8-5-9(2)11(6-10(8)7-14)13(3-4-13)12(15)16/h5-6H,3-4H2,1-2H3,(H,15,16). The minimum atomic E-state index is -0.775. The Labute approximate surface area is 94.3 Å². The summed E-state index contributed by atoms with van der Waals surface area (Å²) >= 11 is 0. The maximum Gasteiger partial charge on any atom is 0.314 e. The molecular formula is C13H13NO2. The minimum absolute atomic E-state index is 0.577. The lowest BCUT2D eigenvalue weighted by molar-refractivity contribution is -0.140. The molecule has 0 bridgehead atoms. The molecule has 0 aromatic heterocycles. The topological polar surface area (TPSA) is 61.1 Å². The zero-order valence-corrected chi connectivity index (χ0v) is 9.37. The van der Waals surface area contributed by atoms with E-state index in [1.54, 1.807) is 6.07 Å². The number of aryl methyl sites for hydroxylation is 2. The molecule has 3 nitrogen and oxygen atoms in total. The predicted octanol–water partition coefficient (Wildman–Crippen LogP) is 2.29. The molecule has 0 atom stereocenters. The zero-order valence-electron chi connectivity index (χ0n) is 9.37. The molecular weight excluding hydrogens is 202 g/mol. The molecule has 2 rings (SSSR count). The Hall–Kier alpha value is -1.82. The van der Waals surface area contributed by atoms with E-state index in [-0.39, 0.29) is 0 Å². The fourth-order valence-electron chi connectivity index (χ4n) is 2.21. The van der Waals surface area contributed by atoms with Crippen molar-refractivity contribution in [1.82, 2.24) is 0 Å². The average molecular weight is 215 g/mol. The van der Waals surface area contributed by atoms with Crippen LogP contribution in [0.25, 0.3) is 0 Å². The van der Waals surface area contributed by atoms with Gasteiger partial charge in [0.25, 0.3) is 0 Å². The second-order valence-electron chi connectivity index (χ2n) is 4.48. The Morgan fingerprint density at radius 1 is 1.38 bits per heavy atom.